The number of nitrogens with zero attached hydrogens (tertiary/aromatic N) is 3. The van der Waals surface area contributed by atoms with Crippen molar-refractivity contribution in [3.05, 3.63) is 29.1 Å². The predicted octanol–water partition coefficient (Wildman–Crippen LogP) is 2.02. The van der Waals surface area contributed by atoms with Crippen LogP contribution in [0.5, 0.6) is 0 Å². The minimum atomic E-state index is -0.0768. The van der Waals surface area contributed by atoms with Crippen LogP contribution in [-0.2, 0) is 19.4 Å². The molecule has 0 bridgehead atoms. The first-order valence-electron chi connectivity index (χ1n) is 8.20. The molecule has 122 valence electrons. The van der Waals surface area contributed by atoms with Crippen LogP contribution in [0.3, 0.4) is 0 Å². The second-order valence-electron chi connectivity index (χ2n) is 6.09. The van der Waals surface area contributed by atoms with E-state index in [9.17, 15) is 4.79 Å². The van der Waals surface area contributed by atoms with Gasteiger partial charge >= 0.3 is 0 Å². The maximum absolute atomic E-state index is 12.1. The van der Waals surface area contributed by atoms with E-state index in [1.54, 1.807) is 7.05 Å². The molecule has 1 atom stereocenters. The highest BCUT2D eigenvalue weighted by Crippen LogP contribution is 2.28. The molecule has 2 rings (SSSR count). The Balaban J connectivity index is 2.29. The molecular formula is C17H28N4O. The molecule has 1 heterocycles. The molecule has 1 aromatic heterocycles. The van der Waals surface area contributed by atoms with Crippen LogP contribution in [0.1, 0.15) is 48.9 Å². The lowest BCUT2D eigenvalue weighted by Gasteiger charge is -2.34. The van der Waals surface area contributed by atoms with Gasteiger partial charge in [-0.2, -0.15) is 5.10 Å². The summed E-state index contributed by atoms with van der Waals surface area (Å²) in [4.78, 5) is 14.6. The maximum atomic E-state index is 12.1. The number of carbonyl (C=O) groups excluding carboxylic acids is 1. The molecule has 0 spiro atoms. The maximum Gasteiger partial charge on any atom is 0.271 e. The predicted molar refractivity (Wildman–Crippen MR) is 89.2 cm³/mol. The number of hydrogen-bond acceptors (Lipinski definition) is 3. The van der Waals surface area contributed by atoms with Crippen molar-refractivity contribution in [2.75, 3.05) is 20.1 Å². The number of amides is 1. The van der Waals surface area contributed by atoms with Crippen LogP contribution < -0.4 is 5.32 Å². The van der Waals surface area contributed by atoms with Gasteiger partial charge < -0.3 is 5.32 Å². The molecule has 0 unspecified atom stereocenters. The number of nitrogens with one attached hydrogen (secondary N) is 1. The van der Waals surface area contributed by atoms with E-state index in [-0.39, 0.29) is 5.91 Å². The van der Waals surface area contributed by atoms with Crippen LogP contribution in [0.25, 0.3) is 0 Å². The highest BCUT2D eigenvalue weighted by atomic mass is 16.1. The summed E-state index contributed by atoms with van der Waals surface area (Å²) in [6, 6.07) is 0.465. The quantitative estimate of drug-likeness (QED) is 0.818. The number of hydrogen-bond donors (Lipinski definition) is 1. The summed E-state index contributed by atoms with van der Waals surface area (Å²) >= 11 is 0. The number of aromatic nitrogens is 2. The van der Waals surface area contributed by atoms with Crippen LogP contribution in [0.2, 0.25) is 0 Å². The fourth-order valence-electron chi connectivity index (χ4n) is 3.39. The summed E-state index contributed by atoms with van der Waals surface area (Å²) in [6.45, 7) is 13.1. The minimum Gasteiger partial charge on any atom is -0.354 e. The first kappa shape index (κ1) is 16.7. The number of aryl methyl sites for hydroxylation is 1. The van der Waals surface area contributed by atoms with Crippen molar-refractivity contribution in [3.63, 3.8) is 0 Å². The van der Waals surface area contributed by atoms with Crippen molar-refractivity contribution in [1.82, 2.24) is 20.0 Å². The molecule has 0 radical (unpaired) electrons. The molecule has 1 N–H and O–H groups in total. The number of likely N-dealkylation sites (N-methyl/N-ethyl adjacent to an activating group) is 1. The Hall–Kier alpha value is -1.62. The van der Waals surface area contributed by atoms with E-state index in [1.807, 2.05) is 4.68 Å². The van der Waals surface area contributed by atoms with Gasteiger partial charge in [0.1, 0.15) is 0 Å². The lowest BCUT2D eigenvalue weighted by atomic mass is 9.90. The molecule has 5 nitrogen and oxygen atoms in total. The van der Waals surface area contributed by atoms with E-state index in [2.05, 4.69) is 42.7 Å². The van der Waals surface area contributed by atoms with E-state index < -0.39 is 0 Å². The first-order chi connectivity index (χ1) is 10.5. The summed E-state index contributed by atoms with van der Waals surface area (Å²) in [5, 5.41) is 7.25. The molecule has 0 aliphatic heterocycles. The van der Waals surface area contributed by atoms with E-state index >= 15 is 0 Å². The Kier molecular flexibility index (Phi) is 5.40. The Morgan fingerprint density at radius 3 is 2.77 bits per heavy atom. The zero-order valence-corrected chi connectivity index (χ0v) is 14.3. The fourth-order valence-corrected chi connectivity index (χ4v) is 3.39. The Morgan fingerprint density at radius 1 is 1.50 bits per heavy atom. The van der Waals surface area contributed by atoms with Crippen molar-refractivity contribution < 1.29 is 4.79 Å². The van der Waals surface area contributed by atoms with Crippen LogP contribution in [0, 0.1) is 0 Å². The van der Waals surface area contributed by atoms with E-state index in [0.717, 1.165) is 44.5 Å². The third-order valence-electron chi connectivity index (χ3n) is 4.46. The summed E-state index contributed by atoms with van der Waals surface area (Å²) in [5.41, 5.74) is 4.17. The second kappa shape index (κ2) is 7.09. The molecule has 0 saturated heterocycles. The molecule has 1 amide bonds. The van der Waals surface area contributed by atoms with Crippen molar-refractivity contribution >= 4 is 5.91 Å². The molecule has 22 heavy (non-hydrogen) atoms. The number of rotatable bonds is 6. The minimum absolute atomic E-state index is 0.0768. The van der Waals surface area contributed by atoms with Crippen LogP contribution in [0.15, 0.2) is 12.2 Å². The molecule has 0 saturated carbocycles. The Morgan fingerprint density at radius 2 is 2.23 bits per heavy atom. The number of carbonyl (C=O) groups is 1. The van der Waals surface area contributed by atoms with Gasteiger partial charge in [-0.3, -0.25) is 14.4 Å². The third-order valence-corrected chi connectivity index (χ3v) is 4.46. The molecular weight excluding hydrogens is 276 g/mol. The number of fused-ring (bicyclic) bond motifs is 1. The van der Waals surface area contributed by atoms with Crippen LogP contribution in [0.4, 0.5) is 0 Å². The standard InChI is InChI=1S/C17H28N4O/c1-6-20(11-12(3)4)13-8-9-15-14(10-13)16(17(22)18-5)19-21(15)7-2/h13H,3,6-11H2,1-2,4-5H3,(H,18,22)/t13-/m1/s1. The summed E-state index contributed by atoms with van der Waals surface area (Å²) in [7, 11) is 1.67. The van der Waals surface area contributed by atoms with Crippen molar-refractivity contribution in [2.45, 2.75) is 52.6 Å². The molecule has 1 aromatic rings. The normalized spacial score (nSPS) is 17.4. The van der Waals surface area contributed by atoms with Gasteiger partial charge in [0.2, 0.25) is 0 Å². The third kappa shape index (κ3) is 3.24. The van der Waals surface area contributed by atoms with E-state index in [1.165, 1.54) is 11.3 Å². The van der Waals surface area contributed by atoms with Crippen molar-refractivity contribution in [3.8, 4) is 0 Å². The van der Waals surface area contributed by atoms with Gasteiger partial charge in [0.25, 0.3) is 5.91 Å². The van der Waals surface area contributed by atoms with Gasteiger partial charge in [-0.25, -0.2) is 0 Å². The second-order valence-corrected chi connectivity index (χ2v) is 6.09. The molecule has 0 fully saturated rings. The smallest absolute Gasteiger partial charge is 0.271 e. The summed E-state index contributed by atoms with van der Waals surface area (Å²) < 4.78 is 1.99. The summed E-state index contributed by atoms with van der Waals surface area (Å²) in [6.07, 6.45) is 3.01. The van der Waals surface area contributed by atoms with Crippen molar-refractivity contribution in [2.24, 2.45) is 0 Å². The van der Waals surface area contributed by atoms with Gasteiger partial charge in [0.15, 0.2) is 5.69 Å². The first-order valence-corrected chi connectivity index (χ1v) is 8.20. The van der Waals surface area contributed by atoms with Gasteiger partial charge in [-0.15, -0.1) is 0 Å². The van der Waals surface area contributed by atoms with Crippen LogP contribution >= 0.6 is 0 Å². The zero-order chi connectivity index (χ0) is 16.3. The van der Waals surface area contributed by atoms with Gasteiger partial charge in [0, 0.05) is 37.4 Å². The monoisotopic (exact) mass is 304 g/mol. The Labute approximate surface area is 133 Å². The topological polar surface area (TPSA) is 50.2 Å². The SMILES string of the molecule is C=C(C)CN(CC)[C@@H]1CCc2c(c(C(=O)NC)nn2CC)C1. The lowest BCUT2D eigenvalue weighted by Crippen LogP contribution is -2.40. The average molecular weight is 304 g/mol. The summed E-state index contributed by atoms with van der Waals surface area (Å²) in [5.74, 6) is -0.0768. The van der Waals surface area contributed by atoms with Gasteiger partial charge in [-0.1, -0.05) is 19.1 Å². The van der Waals surface area contributed by atoms with E-state index in [4.69, 9.17) is 0 Å². The molecule has 0 aromatic carbocycles. The molecule has 5 heteroatoms. The van der Waals surface area contributed by atoms with Crippen LogP contribution in [-0.4, -0.2) is 46.8 Å². The highest BCUT2D eigenvalue weighted by Gasteiger charge is 2.30. The van der Waals surface area contributed by atoms with Gasteiger partial charge in [-0.05, 0) is 39.7 Å². The zero-order valence-electron chi connectivity index (χ0n) is 14.3. The average Bonchev–Trinajstić information content (AvgIpc) is 2.89. The molecule has 1 aliphatic carbocycles. The lowest BCUT2D eigenvalue weighted by molar-refractivity contribution is 0.0955. The Bertz CT molecular complexity index is 561. The van der Waals surface area contributed by atoms with E-state index in [0.29, 0.717) is 11.7 Å². The fraction of sp³-hybridized carbons (Fsp3) is 0.647. The van der Waals surface area contributed by atoms with Crippen molar-refractivity contribution in [1.29, 1.82) is 0 Å². The van der Waals surface area contributed by atoms with Gasteiger partial charge in [0.05, 0.1) is 0 Å². The largest absolute Gasteiger partial charge is 0.354 e. The molecule has 1 aliphatic rings. The highest BCUT2D eigenvalue weighted by molar-refractivity contribution is 5.93.